The van der Waals surface area contributed by atoms with Gasteiger partial charge in [0.15, 0.2) is 0 Å². The predicted molar refractivity (Wildman–Crippen MR) is 100 cm³/mol. The molecule has 2 heterocycles. The van der Waals surface area contributed by atoms with Gasteiger partial charge in [-0.1, -0.05) is 11.6 Å². The molecule has 0 spiro atoms. The highest BCUT2D eigenvalue weighted by molar-refractivity contribution is 6.31. The summed E-state index contributed by atoms with van der Waals surface area (Å²) in [5.41, 5.74) is 2.41. The number of nitrogens with zero attached hydrogens (tertiary/aromatic N) is 2. The van der Waals surface area contributed by atoms with Gasteiger partial charge in [0.1, 0.15) is 5.75 Å². The van der Waals surface area contributed by atoms with Crippen LogP contribution in [0.3, 0.4) is 0 Å². The van der Waals surface area contributed by atoms with Crippen LogP contribution >= 0.6 is 11.6 Å². The molecule has 2 aromatic heterocycles. The van der Waals surface area contributed by atoms with E-state index in [1.165, 1.54) is 18.2 Å². The first-order valence-corrected chi connectivity index (χ1v) is 8.62. The molecule has 0 bridgehead atoms. The highest BCUT2D eigenvalue weighted by atomic mass is 35.5. The van der Waals surface area contributed by atoms with Crippen molar-refractivity contribution in [3.05, 3.63) is 47.6 Å². The first-order chi connectivity index (χ1) is 13.3. The van der Waals surface area contributed by atoms with Gasteiger partial charge in [0.05, 0.1) is 23.3 Å². The Morgan fingerprint density at radius 3 is 2.79 bits per heavy atom. The molecule has 0 fully saturated rings. The monoisotopic (exact) mass is 410 g/mol. The van der Waals surface area contributed by atoms with Crippen molar-refractivity contribution in [3.63, 3.8) is 0 Å². The van der Waals surface area contributed by atoms with Crippen LogP contribution in [0.2, 0.25) is 5.02 Å². The molecular formula is C18H14ClF3N4O2. The molecule has 0 unspecified atom stereocenters. The first kappa shape index (κ1) is 18.5. The number of hydrogen-bond acceptors (Lipinski definition) is 4. The zero-order valence-electron chi connectivity index (χ0n) is 14.2. The Bertz CT molecular complexity index is 1150. The van der Waals surface area contributed by atoms with Crippen LogP contribution in [-0.4, -0.2) is 32.6 Å². The Labute approximate surface area is 161 Å². The summed E-state index contributed by atoms with van der Waals surface area (Å²) < 4.78 is 43.0. The maximum Gasteiger partial charge on any atom is 0.573 e. The van der Waals surface area contributed by atoms with E-state index in [4.69, 9.17) is 11.6 Å². The summed E-state index contributed by atoms with van der Waals surface area (Å²) in [6.07, 6.45) is -3.05. The average molecular weight is 411 g/mol. The lowest BCUT2D eigenvalue weighted by Gasteiger charge is -2.10. The summed E-state index contributed by atoms with van der Waals surface area (Å²) in [5.74, 6) is 0.00755. The number of aromatic amines is 1. The van der Waals surface area contributed by atoms with Gasteiger partial charge in [0.2, 0.25) is 5.95 Å². The number of ether oxygens (including phenoxy) is 1. The van der Waals surface area contributed by atoms with Gasteiger partial charge < -0.3 is 24.7 Å². The van der Waals surface area contributed by atoms with Crippen LogP contribution in [0.4, 0.5) is 24.8 Å². The zero-order chi connectivity index (χ0) is 19.9. The van der Waals surface area contributed by atoms with Crippen molar-refractivity contribution in [1.82, 2.24) is 14.5 Å². The minimum Gasteiger partial charge on any atom is -0.406 e. The van der Waals surface area contributed by atoms with Crippen LogP contribution < -0.4 is 10.1 Å². The quantitative estimate of drug-likeness (QED) is 0.441. The van der Waals surface area contributed by atoms with E-state index >= 15 is 0 Å². The molecule has 0 saturated carbocycles. The molecule has 4 rings (SSSR count). The van der Waals surface area contributed by atoms with Crippen molar-refractivity contribution in [2.24, 2.45) is 0 Å². The third-order valence-corrected chi connectivity index (χ3v) is 4.40. The normalized spacial score (nSPS) is 12.0. The van der Waals surface area contributed by atoms with Crippen molar-refractivity contribution < 1.29 is 23.0 Å². The fourth-order valence-corrected chi connectivity index (χ4v) is 3.22. The lowest BCUT2D eigenvalue weighted by atomic mass is 10.2. The van der Waals surface area contributed by atoms with Gasteiger partial charge in [-0.05, 0) is 30.3 Å². The molecule has 0 aliphatic rings. The van der Waals surface area contributed by atoms with Gasteiger partial charge in [-0.3, -0.25) is 0 Å². The third kappa shape index (κ3) is 3.58. The molecule has 6 nitrogen and oxygen atoms in total. The lowest BCUT2D eigenvalue weighted by molar-refractivity contribution is -0.274. The maximum atomic E-state index is 12.5. The van der Waals surface area contributed by atoms with Crippen molar-refractivity contribution in [2.75, 3.05) is 11.9 Å². The standard InChI is InChI=1S/C18H14ClF3N4O2/c19-10-1-3-13-12(7-10)15(9-23-13)25-17-24-14-8-11(28-18(20,21)22)2-4-16(14)26(17)5-6-27/h1-4,7-9,23,27H,5-6H2,(H,24,25). The molecule has 0 saturated heterocycles. The summed E-state index contributed by atoms with van der Waals surface area (Å²) in [4.78, 5) is 7.48. The minimum atomic E-state index is -4.79. The average Bonchev–Trinajstić information content (AvgIpc) is 3.15. The fraction of sp³-hybridized carbons (Fsp3) is 0.167. The molecule has 2 aromatic carbocycles. The van der Waals surface area contributed by atoms with E-state index in [-0.39, 0.29) is 18.9 Å². The third-order valence-electron chi connectivity index (χ3n) is 4.17. The smallest absolute Gasteiger partial charge is 0.406 e. The Kier molecular flexibility index (Phi) is 4.56. The van der Waals surface area contributed by atoms with E-state index in [9.17, 15) is 18.3 Å². The maximum absolute atomic E-state index is 12.5. The van der Waals surface area contributed by atoms with Crippen LogP contribution in [0.1, 0.15) is 0 Å². The highest BCUT2D eigenvalue weighted by Gasteiger charge is 2.31. The van der Waals surface area contributed by atoms with E-state index in [0.29, 0.717) is 27.7 Å². The van der Waals surface area contributed by atoms with E-state index in [1.807, 2.05) is 6.07 Å². The summed E-state index contributed by atoms with van der Waals surface area (Å²) in [5, 5.41) is 13.9. The van der Waals surface area contributed by atoms with Gasteiger partial charge in [0.25, 0.3) is 0 Å². The molecule has 0 atom stereocenters. The number of aliphatic hydroxyl groups excluding tert-OH is 1. The topological polar surface area (TPSA) is 75.1 Å². The molecule has 3 N–H and O–H groups in total. The number of benzene rings is 2. The fourth-order valence-electron chi connectivity index (χ4n) is 3.05. The van der Waals surface area contributed by atoms with Crippen molar-refractivity contribution in [3.8, 4) is 5.75 Å². The number of fused-ring (bicyclic) bond motifs is 2. The van der Waals surface area contributed by atoms with E-state index in [2.05, 4.69) is 20.0 Å². The number of H-pyrrole nitrogens is 1. The SMILES string of the molecule is OCCn1c(Nc2c[nH]c3ccc(Cl)cc23)nc2cc(OC(F)(F)F)ccc21. The summed E-state index contributed by atoms with van der Waals surface area (Å²) in [7, 11) is 0. The summed E-state index contributed by atoms with van der Waals surface area (Å²) in [6.45, 7) is 0.0437. The number of rotatable bonds is 5. The van der Waals surface area contributed by atoms with Crippen molar-refractivity contribution in [2.45, 2.75) is 12.9 Å². The largest absolute Gasteiger partial charge is 0.573 e. The molecule has 0 aliphatic carbocycles. The van der Waals surface area contributed by atoms with Gasteiger partial charge in [-0.25, -0.2) is 4.98 Å². The molecule has 0 radical (unpaired) electrons. The number of anilines is 2. The second-order valence-electron chi connectivity index (χ2n) is 6.03. The number of alkyl halides is 3. The predicted octanol–water partition coefficient (Wildman–Crippen LogP) is 4.81. The second kappa shape index (κ2) is 6.92. The first-order valence-electron chi connectivity index (χ1n) is 8.24. The molecule has 28 heavy (non-hydrogen) atoms. The van der Waals surface area contributed by atoms with Gasteiger partial charge in [-0.15, -0.1) is 13.2 Å². The number of aromatic nitrogens is 3. The van der Waals surface area contributed by atoms with E-state index < -0.39 is 6.36 Å². The number of halogens is 4. The zero-order valence-corrected chi connectivity index (χ0v) is 15.0. The van der Waals surface area contributed by atoms with Gasteiger partial charge in [0, 0.05) is 34.7 Å². The Balaban J connectivity index is 1.76. The molecule has 0 amide bonds. The summed E-state index contributed by atoms with van der Waals surface area (Å²) >= 11 is 6.06. The number of hydrogen-bond donors (Lipinski definition) is 3. The van der Waals surface area contributed by atoms with Crippen LogP contribution in [0.25, 0.3) is 21.9 Å². The number of nitrogens with one attached hydrogen (secondary N) is 2. The molecule has 10 heteroatoms. The van der Waals surface area contributed by atoms with Crippen LogP contribution in [0.15, 0.2) is 42.6 Å². The number of imidazole rings is 1. The Morgan fingerprint density at radius 1 is 1.21 bits per heavy atom. The lowest BCUT2D eigenvalue weighted by Crippen LogP contribution is -2.17. The number of aliphatic hydroxyl groups is 1. The van der Waals surface area contributed by atoms with Crippen LogP contribution in [-0.2, 0) is 6.54 Å². The molecular weight excluding hydrogens is 397 g/mol. The molecule has 4 aromatic rings. The highest BCUT2D eigenvalue weighted by Crippen LogP contribution is 2.32. The minimum absolute atomic E-state index is 0.166. The van der Waals surface area contributed by atoms with E-state index in [1.54, 1.807) is 22.9 Å². The summed E-state index contributed by atoms with van der Waals surface area (Å²) in [6, 6.07) is 9.25. The van der Waals surface area contributed by atoms with Crippen molar-refractivity contribution in [1.29, 1.82) is 0 Å². The Hall–Kier alpha value is -2.91. The van der Waals surface area contributed by atoms with Gasteiger partial charge in [-0.2, -0.15) is 0 Å². The van der Waals surface area contributed by atoms with Crippen molar-refractivity contribution >= 4 is 45.2 Å². The molecule has 146 valence electrons. The second-order valence-corrected chi connectivity index (χ2v) is 6.46. The van der Waals surface area contributed by atoms with E-state index in [0.717, 1.165) is 10.9 Å². The Morgan fingerprint density at radius 2 is 2.04 bits per heavy atom. The van der Waals surface area contributed by atoms with Crippen LogP contribution in [0.5, 0.6) is 5.75 Å². The molecule has 0 aliphatic heterocycles. The van der Waals surface area contributed by atoms with Crippen LogP contribution in [0, 0.1) is 0 Å². The van der Waals surface area contributed by atoms with Gasteiger partial charge >= 0.3 is 6.36 Å².